The number of fused-ring (bicyclic) bond motifs is 1. The van der Waals surface area contributed by atoms with Gasteiger partial charge >= 0.3 is 6.09 Å². The molecule has 0 fully saturated rings. The van der Waals surface area contributed by atoms with Gasteiger partial charge in [0.05, 0.1) is 18.8 Å². The summed E-state index contributed by atoms with van der Waals surface area (Å²) in [6, 6.07) is 6.64. The fraction of sp³-hybridized carbons (Fsp3) is 0.391. The number of anilines is 1. The summed E-state index contributed by atoms with van der Waals surface area (Å²) < 4.78 is 7.01. The number of rotatable bonds is 6. The van der Waals surface area contributed by atoms with Crippen molar-refractivity contribution >= 4 is 17.8 Å². The zero-order valence-corrected chi connectivity index (χ0v) is 19.3. The summed E-state index contributed by atoms with van der Waals surface area (Å²) in [4.78, 5) is 35.6. The number of amides is 2. The van der Waals surface area contributed by atoms with Crippen LogP contribution in [0.25, 0.3) is 11.5 Å². The average Bonchev–Trinajstić information content (AvgIpc) is 3.32. The fourth-order valence-corrected chi connectivity index (χ4v) is 3.64. The molecule has 0 aliphatic carbocycles. The first-order valence-electron chi connectivity index (χ1n) is 11.1. The number of pyridine rings is 2. The predicted octanol–water partition coefficient (Wildman–Crippen LogP) is 2.44. The Labute approximate surface area is 196 Å². The molecule has 0 bridgehead atoms. The molecule has 11 heteroatoms. The van der Waals surface area contributed by atoms with Gasteiger partial charge in [-0.05, 0) is 56.5 Å². The van der Waals surface area contributed by atoms with E-state index >= 15 is 0 Å². The number of nitrogens with one attached hydrogen (secondary N) is 1. The Morgan fingerprint density at radius 3 is 2.82 bits per heavy atom. The van der Waals surface area contributed by atoms with Crippen molar-refractivity contribution in [1.29, 1.82) is 0 Å². The van der Waals surface area contributed by atoms with Gasteiger partial charge in [-0.15, -0.1) is 10.2 Å². The van der Waals surface area contributed by atoms with Gasteiger partial charge in [0, 0.05) is 19.3 Å². The van der Waals surface area contributed by atoms with Gasteiger partial charge in [-0.3, -0.25) is 9.78 Å². The van der Waals surface area contributed by atoms with Gasteiger partial charge in [-0.2, -0.15) is 0 Å². The third kappa shape index (κ3) is 5.04. The third-order valence-electron chi connectivity index (χ3n) is 5.45. The van der Waals surface area contributed by atoms with Crippen LogP contribution in [0, 0.1) is 0 Å². The van der Waals surface area contributed by atoms with Crippen LogP contribution in [0.2, 0.25) is 0 Å². The van der Waals surface area contributed by atoms with Crippen molar-refractivity contribution in [3.05, 3.63) is 53.6 Å². The molecule has 178 valence electrons. The topological polar surface area (TPSA) is 135 Å². The van der Waals surface area contributed by atoms with E-state index in [-0.39, 0.29) is 30.5 Å². The molecule has 0 saturated carbocycles. The first kappa shape index (κ1) is 23.3. The van der Waals surface area contributed by atoms with E-state index in [1.54, 1.807) is 39.9 Å². The Morgan fingerprint density at radius 1 is 1.24 bits per heavy atom. The second kappa shape index (κ2) is 9.96. The van der Waals surface area contributed by atoms with Gasteiger partial charge in [0.2, 0.25) is 0 Å². The third-order valence-corrected chi connectivity index (χ3v) is 5.45. The number of hydrogen-bond acceptors (Lipinski definition) is 8. The number of aliphatic hydroxyl groups excluding tert-OH is 1. The van der Waals surface area contributed by atoms with Gasteiger partial charge in [0.25, 0.3) is 5.91 Å². The minimum absolute atomic E-state index is 0.0713. The van der Waals surface area contributed by atoms with Crippen molar-refractivity contribution in [2.75, 3.05) is 18.5 Å². The fourth-order valence-electron chi connectivity index (χ4n) is 3.64. The molecule has 0 spiro atoms. The summed E-state index contributed by atoms with van der Waals surface area (Å²) in [5.41, 5.74) is 2.60. The van der Waals surface area contributed by atoms with E-state index in [4.69, 9.17) is 4.74 Å². The Morgan fingerprint density at radius 2 is 2.06 bits per heavy atom. The second-order valence-corrected chi connectivity index (χ2v) is 8.40. The quantitative estimate of drug-likeness (QED) is 0.567. The van der Waals surface area contributed by atoms with Crippen molar-refractivity contribution in [3.8, 4) is 11.5 Å². The molecule has 4 rings (SSSR count). The molecule has 0 aromatic carbocycles. The van der Waals surface area contributed by atoms with Crippen molar-refractivity contribution < 1.29 is 19.4 Å². The first-order valence-corrected chi connectivity index (χ1v) is 11.1. The molecule has 4 heterocycles. The molecule has 2 N–H and O–H groups in total. The van der Waals surface area contributed by atoms with E-state index in [1.165, 1.54) is 6.33 Å². The first-order chi connectivity index (χ1) is 16.4. The van der Waals surface area contributed by atoms with E-state index < -0.39 is 5.91 Å². The zero-order valence-electron chi connectivity index (χ0n) is 19.3. The molecule has 3 aromatic rings. The largest absolute Gasteiger partial charge is 0.447 e. The number of aliphatic hydroxyl groups is 1. The molecular formula is C23H27N7O4. The number of carbonyl (C=O) groups excluding carboxylic acids is 2. The standard InChI is InChI=1S/C23H27N7O4/c1-14(2)34-23(33)29-8-7-16-10-24-19(9-17(16)11-29)22(32)27-20-6-4-5-18(26-20)21-28-25-13-30(21)15(3)12-31/h4-6,9-10,13-15,31H,7-8,11-12H2,1-3H3,(H,26,27,32)/t15-/m1/s1. The number of carbonyl (C=O) groups is 2. The van der Waals surface area contributed by atoms with Gasteiger partial charge < -0.3 is 24.6 Å². The number of ether oxygens (including phenoxy) is 1. The van der Waals surface area contributed by atoms with Crippen LogP contribution in [0.15, 0.2) is 36.8 Å². The maximum Gasteiger partial charge on any atom is 0.410 e. The average molecular weight is 466 g/mol. The maximum absolute atomic E-state index is 12.9. The molecule has 34 heavy (non-hydrogen) atoms. The lowest BCUT2D eigenvalue weighted by atomic mass is 10.0. The lowest BCUT2D eigenvalue weighted by molar-refractivity contribution is 0.0729. The van der Waals surface area contributed by atoms with Gasteiger partial charge in [-0.1, -0.05) is 6.07 Å². The van der Waals surface area contributed by atoms with Crippen LogP contribution in [0.3, 0.4) is 0 Å². The zero-order chi connectivity index (χ0) is 24.2. The Balaban J connectivity index is 1.50. The summed E-state index contributed by atoms with van der Waals surface area (Å²) in [7, 11) is 0. The highest BCUT2D eigenvalue weighted by Gasteiger charge is 2.24. The van der Waals surface area contributed by atoms with Crippen LogP contribution >= 0.6 is 0 Å². The van der Waals surface area contributed by atoms with Gasteiger partial charge in [-0.25, -0.2) is 9.78 Å². The Bertz CT molecular complexity index is 1190. The lowest BCUT2D eigenvalue weighted by Crippen LogP contribution is -2.37. The van der Waals surface area contributed by atoms with Crippen LogP contribution in [0.4, 0.5) is 10.6 Å². The van der Waals surface area contributed by atoms with Crippen LogP contribution in [0.1, 0.15) is 48.4 Å². The molecule has 0 radical (unpaired) electrons. The van der Waals surface area contributed by atoms with E-state index in [1.807, 2.05) is 20.8 Å². The minimum Gasteiger partial charge on any atom is -0.447 e. The summed E-state index contributed by atoms with van der Waals surface area (Å²) in [5, 5.41) is 20.2. The molecule has 0 unspecified atom stereocenters. The number of hydrogen-bond donors (Lipinski definition) is 2. The maximum atomic E-state index is 12.9. The van der Waals surface area contributed by atoms with Crippen LogP contribution < -0.4 is 5.32 Å². The number of nitrogens with zero attached hydrogens (tertiary/aromatic N) is 6. The van der Waals surface area contributed by atoms with E-state index in [2.05, 4.69) is 25.5 Å². The normalized spacial score (nSPS) is 14.0. The smallest absolute Gasteiger partial charge is 0.410 e. The highest BCUT2D eigenvalue weighted by molar-refractivity contribution is 6.02. The summed E-state index contributed by atoms with van der Waals surface area (Å²) in [5.74, 6) is 0.396. The highest BCUT2D eigenvalue weighted by Crippen LogP contribution is 2.22. The molecule has 3 aromatic heterocycles. The van der Waals surface area contributed by atoms with Crippen molar-refractivity contribution in [1.82, 2.24) is 29.6 Å². The van der Waals surface area contributed by atoms with Crippen molar-refractivity contribution in [2.24, 2.45) is 0 Å². The molecular weight excluding hydrogens is 438 g/mol. The highest BCUT2D eigenvalue weighted by atomic mass is 16.6. The van der Waals surface area contributed by atoms with Crippen molar-refractivity contribution in [2.45, 2.75) is 45.9 Å². The van der Waals surface area contributed by atoms with Gasteiger partial charge in [0.1, 0.15) is 23.5 Å². The van der Waals surface area contributed by atoms with E-state index in [0.717, 1.165) is 11.1 Å². The minimum atomic E-state index is -0.417. The molecule has 1 aliphatic rings. The predicted molar refractivity (Wildman–Crippen MR) is 123 cm³/mol. The monoisotopic (exact) mass is 465 g/mol. The summed E-state index contributed by atoms with van der Waals surface area (Å²) in [6.45, 7) is 6.28. The molecule has 11 nitrogen and oxygen atoms in total. The summed E-state index contributed by atoms with van der Waals surface area (Å²) >= 11 is 0. The molecule has 1 atom stereocenters. The Kier molecular flexibility index (Phi) is 6.82. The second-order valence-electron chi connectivity index (χ2n) is 8.40. The van der Waals surface area contributed by atoms with Gasteiger partial charge in [0.15, 0.2) is 5.82 Å². The molecule has 1 aliphatic heterocycles. The Hall–Kier alpha value is -3.86. The van der Waals surface area contributed by atoms with E-state index in [9.17, 15) is 14.7 Å². The SMILES string of the molecule is CC(C)OC(=O)N1CCc2cnc(C(=O)Nc3cccc(-c4nncn4[C@H](C)CO)n3)cc2C1. The van der Waals surface area contributed by atoms with Crippen LogP contribution in [0.5, 0.6) is 0 Å². The van der Waals surface area contributed by atoms with Crippen LogP contribution in [-0.2, 0) is 17.7 Å². The molecule has 0 saturated heterocycles. The number of aromatic nitrogens is 5. The van der Waals surface area contributed by atoms with E-state index in [0.29, 0.717) is 36.8 Å². The lowest BCUT2D eigenvalue weighted by Gasteiger charge is -2.28. The molecule has 2 amide bonds. The van der Waals surface area contributed by atoms with Crippen molar-refractivity contribution in [3.63, 3.8) is 0 Å². The van der Waals surface area contributed by atoms with Crippen LogP contribution in [-0.4, -0.2) is 66.0 Å². The summed E-state index contributed by atoms with van der Waals surface area (Å²) in [6.07, 6.45) is 3.29.